The summed E-state index contributed by atoms with van der Waals surface area (Å²) in [6.45, 7) is -0.0980. The van der Waals surface area contributed by atoms with Gasteiger partial charge in [-0.2, -0.15) is 0 Å². The molecular weight excluding hydrogens is 386 g/mol. The van der Waals surface area contributed by atoms with Gasteiger partial charge in [-0.25, -0.2) is 18.4 Å². The lowest BCUT2D eigenvalue weighted by atomic mass is 10.2. The molecule has 0 aliphatic carbocycles. The van der Waals surface area contributed by atoms with Gasteiger partial charge in [-0.1, -0.05) is 6.07 Å². The second kappa shape index (κ2) is 7.58. The minimum atomic E-state index is -3.86. The second-order valence-electron chi connectivity index (χ2n) is 5.74. The van der Waals surface area contributed by atoms with Crippen LogP contribution in [0.4, 0.5) is 5.69 Å². The Morgan fingerprint density at radius 3 is 2.46 bits per heavy atom. The molecule has 0 bridgehead atoms. The summed E-state index contributed by atoms with van der Waals surface area (Å²) >= 11 is 0. The van der Waals surface area contributed by atoms with Gasteiger partial charge in [0.05, 0.1) is 17.1 Å². The lowest BCUT2D eigenvalue weighted by molar-refractivity contribution is 0.102. The highest BCUT2D eigenvalue weighted by molar-refractivity contribution is 7.89. The van der Waals surface area contributed by atoms with Gasteiger partial charge in [-0.15, -0.1) is 0 Å². The van der Waals surface area contributed by atoms with Gasteiger partial charge in [0.2, 0.25) is 10.0 Å². The first-order chi connectivity index (χ1) is 13.3. The van der Waals surface area contributed by atoms with E-state index in [2.05, 4.69) is 15.3 Å². The van der Waals surface area contributed by atoms with Crippen molar-refractivity contribution in [2.24, 2.45) is 5.14 Å². The van der Waals surface area contributed by atoms with Crippen LogP contribution in [0.15, 0.2) is 69.3 Å². The summed E-state index contributed by atoms with van der Waals surface area (Å²) in [5.41, 5.74) is -1.02. The maximum absolute atomic E-state index is 12.6. The molecule has 0 saturated heterocycles. The number of H-pyrrole nitrogens is 1. The summed E-state index contributed by atoms with van der Waals surface area (Å²) in [6, 6.07) is 10.1. The van der Waals surface area contributed by atoms with Gasteiger partial charge in [0, 0.05) is 18.1 Å². The van der Waals surface area contributed by atoms with Crippen molar-refractivity contribution in [1.82, 2.24) is 14.5 Å². The van der Waals surface area contributed by atoms with Gasteiger partial charge in [-0.3, -0.25) is 19.1 Å². The largest absolute Gasteiger partial charge is 0.328 e. The Bertz CT molecular complexity index is 1230. The fourth-order valence-electron chi connectivity index (χ4n) is 2.40. The molecule has 10 nitrogen and oxygen atoms in total. The Labute approximate surface area is 158 Å². The molecule has 28 heavy (non-hydrogen) atoms. The van der Waals surface area contributed by atoms with E-state index in [1.807, 2.05) is 0 Å². The van der Waals surface area contributed by atoms with Crippen LogP contribution >= 0.6 is 0 Å². The number of anilines is 1. The molecule has 144 valence electrons. The van der Waals surface area contributed by atoms with Crippen molar-refractivity contribution in [3.05, 3.63) is 87.0 Å². The summed E-state index contributed by atoms with van der Waals surface area (Å²) < 4.78 is 23.4. The van der Waals surface area contributed by atoms with Crippen LogP contribution < -0.4 is 21.7 Å². The molecule has 0 aliphatic heterocycles. The highest BCUT2D eigenvalue weighted by Crippen LogP contribution is 2.13. The lowest BCUT2D eigenvalue weighted by Gasteiger charge is -2.08. The molecule has 2 heterocycles. The fourth-order valence-corrected chi connectivity index (χ4v) is 2.91. The Morgan fingerprint density at radius 2 is 1.86 bits per heavy atom. The van der Waals surface area contributed by atoms with Crippen LogP contribution in [-0.4, -0.2) is 28.9 Å². The van der Waals surface area contributed by atoms with Crippen LogP contribution in [-0.2, 0) is 16.6 Å². The van der Waals surface area contributed by atoms with E-state index in [1.165, 1.54) is 30.5 Å². The number of carbonyl (C=O) groups excluding carboxylic acids is 1. The average molecular weight is 401 g/mol. The third-order valence-corrected chi connectivity index (χ3v) is 4.72. The number of aromatic nitrogens is 3. The molecule has 3 rings (SSSR count). The van der Waals surface area contributed by atoms with E-state index in [-0.39, 0.29) is 22.7 Å². The van der Waals surface area contributed by atoms with E-state index < -0.39 is 27.2 Å². The number of nitrogens with two attached hydrogens (primary N) is 1. The number of rotatable bonds is 5. The van der Waals surface area contributed by atoms with Crippen molar-refractivity contribution >= 4 is 21.6 Å². The maximum Gasteiger partial charge on any atom is 0.328 e. The first kappa shape index (κ1) is 19.2. The van der Waals surface area contributed by atoms with E-state index in [9.17, 15) is 22.8 Å². The average Bonchev–Trinajstić information content (AvgIpc) is 2.65. The van der Waals surface area contributed by atoms with E-state index in [4.69, 9.17) is 5.14 Å². The van der Waals surface area contributed by atoms with Crippen molar-refractivity contribution in [2.75, 3.05) is 5.32 Å². The summed E-state index contributed by atoms with van der Waals surface area (Å²) in [5, 5.41) is 7.48. The first-order valence-electron chi connectivity index (χ1n) is 7.92. The SMILES string of the molecule is NS(=O)(=O)c1ccc(NC(=O)c2c[nH]c(=O)n(Cc3ccccn3)c2=O)cc1. The van der Waals surface area contributed by atoms with Crippen molar-refractivity contribution < 1.29 is 13.2 Å². The quantitative estimate of drug-likeness (QED) is 0.541. The Morgan fingerprint density at radius 1 is 1.14 bits per heavy atom. The molecule has 1 aromatic carbocycles. The number of hydrogen-bond acceptors (Lipinski definition) is 6. The predicted molar refractivity (Wildman–Crippen MR) is 100 cm³/mol. The maximum atomic E-state index is 12.6. The van der Waals surface area contributed by atoms with Gasteiger partial charge in [0.15, 0.2) is 0 Å². The van der Waals surface area contributed by atoms with Crippen LogP contribution in [0.2, 0.25) is 0 Å². The molecular formula is C17H15N5O5S. The highest BCUT2D eigenvalue weighted by Gasteiger charge is 2.16. The van der Waals surface area contributed by atoms with E-state index in [0.717, 1.165) is 10.8 Å². The summed E-state index contributed by atoms with van der Waals surface area (Å²) in [6.07, 6.45) is 2.55. The Hall–Kier alpha value is -3.57. The number of carbonyl (C=O) groups is 1. The number of amides is 1. The van der Waals surface area contributed by atoms with Gasteiger partial charge in [0.1, 0.15) is 5.56 Å². The van der Waals surface area contributed by atoms with Crippen molar-refractivity contribution in [1.29, 1.82) is 0 Å². The fraction of sp³-hybridized carbons (Fsp3) is 0.0588. The standard InChI is InChI=1S/C17H15N5O5S/c18-28(26,27)13-6-4-11(5-7-13)21-15(23)14-9-20-17(25)22(16(14)24)10-12-3-1-2-8-19-12/h1-9H,10H2,(H,20,25)(H,21,23)(H2,18,26,27). The van der Waals surface area contributed by atoms with Crippen molar-refractivity contribution in [2.45, 2.75) is 11.4 Å². The van der Waals surface area contributed by atoms with Crippen molar-refractivity contribution in [3.63, 3.8) is 0 Å². The van der Waals surface area contributed by atoms with Crippen LogP contribution in [0, 0.1) is 0 Å². The smallest absolute Gasteiger partial charge is 0.322 e. The third kappa shape index (κ3) is 4.22. The molecule has 4 N–H and O–H groups in total. The topological polar surface area (TPSA) is 157 Å². The van der Waals surface area contributed by atoms with E-state index in [1.54, 1.807) is 18.2 Å². The molecule has 3 aromatic rings. The second-order valence-corrected chi connectivity index (χ2v) is 7.30. The highest BCUT2D eigenvalue weighted by atomic mass is 32.2. The summed E-state index contributed by atoms with van der Waals surface area (Å²) in [5.74, 6) is -0.764. The number of primary sulfonamides is 1. The number of benzene rings is 1. The molecule has 0 radical (unpaired) electrons. The normalized spacial score (nSPS) is 11.2. The number of nitrogens with zero attached hydrogens (tertiary/aromatic N) is 2. The minimum Gasteiger partial charge on any atom is -0.322 e. The van der Waals surface area contributed by atoms with Crippen molar-refractivity contribution in [3.8, 4) is 0 Å². The molecule has 0 fully saturated rings. The monoisotopic (exact) mass is 401 g/mol. The van der Waals surface area contributed by atoms with E-state index >= 15 is 0 Å². The molecule has 2 aromatic heterocycles. The van der Waals surface area contributed by atoms with Gasteiger partial charge >= 0.3 is 5.69 Å². The zero-order valence-corrected chi connectivity index (χ0v) is 15.1. The molecule has 0 atom stereocenters. The molecule has 0 aliphatic rings. The van der Waals surface area contributed by atoms with Gasteiger partial charge in [0.25, 0.3) is 11.5 Å². The third-order valence-electron chi connectivity index (χ3n) is 3.79. The lowest BCUT2D eigenvalue weighted by Crippen LogP contribution is -2.39. The number of pyridine rings is 1. The molecule has 11 heteroatoms. The minimum absolute atomic E-state index is 0.0980. The van der Waals surface area contributed by atoms with Crippen LogP contribution in [0.1, 0.15) is 16.1 Å². The Balaban J connectivity index is 1.87. The van der Waals surface area contributed by atoms with Gasteiger partial charge < -0.3 is 10.3 Å². The first-order valence-corrected chi connectivity index (χ1v) is 9.47. The zero-order chi connectivity index (χ0) is 20.3. The van der Waals surface area contributed by atoms with Crippen LogP contribution in [0.5, 0.6) is 0 Å². The predicted octanol–water partition coefficient (Wildman–Crippen LogP) is -0.120. The molecule has 0 saturated carbocycles. The Kier molecular flexibility index (Phi) is 5.20. The number of aromatic amines is 1. The number of hydrogen-bond donors (Lipinski definition) is 3. The van der Waals surface area contributed by atoms with Gasteiger partial charge in [-0.05, 0) is 36.4 Å². The molecule has 0 unspecified atom stereocenters. The summed E-state index contributed by atoms with van der Waals surface area (Å²) in [4.78, 5) is 43.3. The molecule has 1 amide bonds. The van der Waals surface area contributed by atoms with E-state index in [0.29, 0.717) is 5.69 Å². The van der Waals surface area contributed by atoms with Crippen LogP contribution in [0.25, 0.3) is 0 Å². The molecule has 0 spiro atoms. The number of nitrogens with one attached hydrogen (secondary N) is 2. The zero-order valence-electron chi connectivity index (χ0n) is 14.3. The van der Waals surface area contributed by atoms with Crippen LogP contribution in [0.3, 0.4) is 0 Å². The number of sulfonamides is 1. The summed E-state index contributed by atoms with van der Waals surface area (Å²) in [7, 11) is -3.86.